The van der Waals surface area contributed by atoms with Crippen LogP contribution in [0.3, 0.4) is 0 Å². The average molecular weight is 218 g/mol. The van der Waals surface area contributed by atoms with Crippen LogP contribution in [0.15, 0.2) is 24.3 Å². The zero-order valence-corrected chi connectivity index (χ0v) is 9.62. The summed E-state index contributed by atoms with van der Waals surface area (Å²) in [6.07, 6.45) is 2.55. The van der Waals surface area contributed by atoms with E-state index in [2.05, 4.69) is 11.4 Å². The van der Waals surface area contributed by atoms with Gasteiger partial charge in [-0.05, 0) is 30.9 Å². The molecule has 0 aliphatic heterocycles. The van der Waals surface area contributed by atoms with Gasteiger partial charge in [0.15, 0.2) is 0 Å². The number of amides is 1. The lowest BCUT2D eigenvalue weighted by atomic mass is 10.0. The summed E-state index contributed by atoms with van der Waals surface area (Å²) in [5.74, 6) is 0.0709. The van der Waals surface area contributed by atoms with E-state index in [0.717, 1.165) is 24.0 Å². The van der Waals surface area contributed by atoms with Crippen LogP contribution in [0.5, 0.6) is 0 Å². The van der Waals surface area contributed by atoms with Gasteiger partial charge in [-0.3, -0.25) is 4.79 Å². The molecule has 1 aromatic carbocycles. The smallest absolute Gasteiger partial charge is 0.224 e. The fourth-order valence-corrected chi connectivity index (χ4v) is 1.86. The molecule has 0 bridgehead atoms. The molecule has 0 aromatic heterocycles. The van der Waals surface area contributed by atoms with Crippen LogP contribution in [-0.4, -0.2) is 12.5 Å². The molecule has 2 rings (SSSR count). The van der Waals surface area contributed by atoms with Crippen LogP contribution in [0, 0.1) is 0 Å². The van der Waals surface area contributed by atoms with E-state index in [1.54, 1.807) is 0 Å². The molecule has 16 heavy (non-hydrogen) atoms. The van der Waals surface area contributed by atoms with Gasteiger partial charge in [0, 0.05) is 12.1 Å². The third-order valence-electron chi connectivity index (χ3n) is 3.03. The number of nitrogens with two attached hydrogens (primary N) is 1. The van der Waals surface area contributed by atoms with Crippen molar-refractivity contribution in [2.45, 2.75) is 31.7 Å². The molecule has 1 aliphatic carbocycles. The second kappa shape index (κ2) is 4.26. The highest BCUT2D eigenvalue weighted by Crippen LogP contribution is 2.42. The minimum atomic E-state index is -0.114. The summed E-state index contributed by atoms with van der Waals surface area (Å²) in [6.45, 7) is 2.60. The Bertz CT molecular complexity index is 397. The number of benzene rings is 1. The Morgan fingerprint density at radius 1 is 1.50 bits per heavy atom. The predicted molar refractivity (Wildman–Crippen MR) is 63.9 cm³/mol. The van der Waals surface area contributed by atoms with E-state index in [-0.39, 0.29) is 11.4 Å². The van der Waals surface area contributed by atoms with Gasteiger partial charge in [-0.15, -0.1) is 0 Å². The van der Waals surface area contributed by atoms with Crippen molar-refractivity contribution in [3.8, 4) is 0 Å². The molecule has 0 unspecified atom stereocenters. The number of carbonyl (C=O) groups excluding carboxylic acids is 1. The molecule has 3 N–H and O–H groups in total. The first-order chi connectivity index (χ1) is 7.64. The van der Waals surface area contributed by atoms with Crippen LogP contribution in [0.1, 0.15) is 30.9 Å². The van der Waals surface area contributed by atoms with Crippen molar-refractivity contribution >= 4 is 5.91 Å². The minimum absolute atomic E-state index is 0.0709. The molecule has 1 fully saturated rings. The first-order valence-corrected chi connectivity index (χ1v) is 5.79. The molecule has 0 heterocycles. The lowest BCUT2D eigenvalue weighted by molar-refractivity contribution is -0.120. The maximum Gasteiger partial charge on any atom is 0.224 e. The molecule has 0 spiro atoms. The Kier molecular flexibility index (Phi) is 2.97. The molecule has 3 heteroatoms. The van der Waals surface area contributed by atoms with E-state index < -0.39 is 0 Å². The standard InChI is InChI=1S/C13H18N2O/c1-2-15-12(16)9-10-4-3-5-11(8-10)13(14)6-7-13/h3-5,8H,2,6-7,9,14H2,1H3,(H,15,16). The number of hydrogen-bond donors (Lipinski definition) is 2. The first kappa shape index (κ1) is 11.1. The van der Waals surface area contributed by atoms with Crippen molar-refractivity contribution in [1.29, 1.82) is 0 Å². The zero-order chi connectivity index (χ0) is 11.6. The van der Waals surface area contributed by atoms with Gasteiger partial charge in [-0.2, -0.15) is 0 Å². The number of rotatable bonds is 4. The lowest BCUT2D eigenvalue weighted by Gasteiger charge is -2.10. The monoisotopic (exact) mass is 218 g/mol. The van der Waals surface area contributed by atoms with E-state index in [1.165, 1.54) is 0 Å². The predicted octanol–water partition coefficient (Wildman–Crippen LogP) is 1.31. The van der Waals surface area contributed by atoms with Gasteiger partial charge >= 0.3 is 0 Å². The lowest BCUT2D eigenvalue weighted by Crippen LogP contribution is -2.25. The molecule has 86 valence electrons. The molecule has 3 nitrogen and oxygen atoms in total. The SMILES string of the molecule is CCNC(=O)Cc1cccc(C2(N)CC2)c1. The number of hydrogen-bond acceptors (Lipinski definition) is 2. The summed E-state index contributed by atoms with van der Waals surface area (Å²) in [5.41, 5.74) is 8.22. The van der Waals surface area contributed by atoms with Gasteiger partial charge < -0.3 is 11.1 Å². The van der Waals surface area contributed by atoms with Crippen LogP contribution in [0.4, 0.5) is 0 Å². The summed E-state index contributed by atoms with van der Waals surface area (Å²) in [4.78, 5) is 11.4. The van der Waals surface area contributed by atoms with E-state index in [0.29, 0.717) is 13.0 Å². The summed E-state index contributed by atoms with van der Waals surface area (Å²) in [5, 5.41) is 2.80. The highest BCUT2D eigenvalue weighted by molar-refractivity contribution is 5.78. The van der Waals surface area contributed by atoms with Crippen LogP contribution in [-0.2, 0) is 16.8 Å². The van der Waals surface area contributed by atoms with Gasteiger partial charge in [-0.1, -0.05) is 24.3 Å². The van der Waals surface area contributed by atoms with Gasteiger partial charge in [0.25, 0.3) is 0 Å². The van der Waals surface area contributed by atoms with Crippen molar-refractivity contribution in [2.24, 2.45) is 5.73 Å². The molecule has 0 radical (unpaired) electrons. The summed E-state index contributed by atoms with van der Waals surface area (Å²) < 4.78 is 0. The summed E-state index contributed by atoms with van der Waals surface area (Å²) >= 11 is 0. The molecule has 1 aromatic rings. The highest BCUT2D eigenvalue weighted by Gasteiger charge is 2.39. The minimum Gasteiger partial charge on any atom is -0.356 e. The molecular formula is C13H18N2O. The van der Waals surface area contributed by atoms with E-state index >= 15 is 0 Å². The van der Waals surface area contributed by atoms with Gasteiger partial charge in [0.1, 0.15) is 0 Å². The second-order valence-corrected chi connectivity index (χ2v) is 4.49. The van der Waals surface area contributed by atoms with Crippen molar-refractivity contribution in [1.82, 2.24) is 5.32 Å². The quantitative estimate of drug-likeness (QED) is 0.800. The topological polar surface area (TPSA) is 55.1 Å². The Morgan fingerprint density at radius 2 is 2.25 bits per heavy atom. The van der Waals surface area contributed by atoms with Crippen LogP contribution < -0.4 is 11.1 Å². The largest absolute Gasteiger partial charge is 0.356 e. The fourth-order valence-electron chi connectivity index (χ4n) is 1.86. The van der Waals surface area contributed by atoms with Crippen molar-refractivity contribution in [3.05, 3.63) is 35.4 Å². The Labute approximate surface area is 96.0 Å². The molecule has 0 saturated heterocycles. The maximum absolute atomic E-state index is 11.4. The zero-order valence-electron chi connectivity index (χ0n) is 9.62. The van der Waals surface area contributed by atoms with Crippen LogP contribution >= 0.6 is 0 Å². The highest BCUT2D eigenvalue weighted by atomic mass is 16.1. The second-order valence-electron chi connectivity index (χ2n) is 4.49. The number of likely N-dealkylation sites (N-methyl/N-ethyl adjacent to an activating group) is 1. The van der Waals surface area contributed by atoms with Gasteiger partial charge in [0.05, 0.1) is 6.42 Å². The van der Waals surface area contributed by atoms with E-state index in [1.807, 2.05) is 25.1 Å². The molecule has 1 amide bonds. The maximum atomic E-state index is 11.4. The van der Waals surface area contributed by atoms with Gasteiger partial charge in [0.2, 0.25) is 5.91 Å². The van der Waals surface area contributed by atoms with Crippen LogP contribution in [0.2, 0.25) is 0 Å². The number of nitrogens with one attached hydrogen (secondary N) is 1. The molecule has 0 atom stereocenters. The number of carbonyl (C=O) groups is 1. The summed E-state index contributed by atoms with van der Waals surface area (Å²) in [7, 11) is 0. The van der Waals surface area contributed by atoms with Crippen molar-refractivity contribution in [2.75, 3.05) is 6.54 Å². The van der Waals surface area contributed by atoms with Crippen LogP contribution in [0.25, 0.3) is 0 Å². The molecular weight excluding hydrogens is 200 g/mol. The summed E-state index contributed by atoms with van der Waals surface area (Å²) in [6, 6.07) is 8.07. The molecule has 1 aliphatic rings. The Morgan fingerprint density at radius 3 is 2.88 bits per heavy atom. The molecule has 1 saturated carbocycles. The van der Waals surface area contributed by atoms with Crippen molar-refractivity contribution < 1.29 is 4.79 Å². The van der Waals surface area contributed by atoms with E-state index in [9.17, 15) is 4.79 Å². The third kappa shape index (κ3) is 2.42. The first-order valence-electron chi connectivity index (χ1n) is 5.79. The van der Waals surface area contributed by atoms with Gasteiger partial charge in [-0.25, -0.2) is 0 Å². The van der Waals surface area contributed by atoms with E-state index in [4.69, 9.17) is 5.73 Å². The fraction of sp³-hybridized carbons (Fsp3) is 0.462. The average Bonchev–Trinajstić information content (AvgIpc) is 2.99. The third-order valence-corrected chi connectivity index (χ3v) is 3.03. The Balaban J connectivity index is 2.07. The van der Waals surface area contributed by atoms with Crippen molar-refractivity contribution in [3.63, 3.8) is 0 Å². The Hall–Kier alpha value is -1.35. The normalized spacial score (nSPS) is 16.9.